The van der Waals surface area contributed by atoms with Crippen molar-refractivity contribution >= 4 is 39.4 Å². The number of ether oxygens (including phenoxy) is 7. The number of nitro benzene ring substituents is 1. The van der Waals surface area contributed by atoms with Crippen molar-refractivity contribution in [1.29, 1.82) is 0 Å². The summed E-state index contributed by atoms with van der Waals surface area (Å²) in [6, 6.07) is 4.62. The second-order valence-electron chi connectivity index (χ2n) is 9.23. The highest BCUT2D eigenvalue weighted by Crippen LogP contribution is 2.26. The number of hydrogen-bond acceptors (Lipinski definition) is 15. The lowest BCUT2D eigenvalue weighted by Gasteiger charge is -2.27. The number of amides is 1. The van der Waals surface area contributed by atoms with Gasteiger partial charge in [0.05, 0.1) is 101 Å². The molecule has 0 saturated heterocycles. The zero-order valence-corrected chi connectivity index (χ0v) is 27.1. The number of non-ortho nitro benzene ring substituents is 1. The van der Waals surface area contributed by atoms with Gasteiger partial charge in [-0.3, -0.25) is 15.0 Å². The number of thioether (sulfide) groups is 1. The van der Waals surface area contributed by atoms with Crippen LogP contribution in [0.3, 0.4) is 0 Å². The highest BCUT2D eigenvalue weighted by Gasteiger charge is 2.27. The molecule has 0 bridgehead atoms. The SMILES string of the molecule is CSc1ncc2c(n1)N(CCOCCOCCOCCOCCOCCOCCNS(=O)(=O)c1ccc([N+](=O)[O-])cc1)C(=O)OC2. The number of nitro groups is 1. The number of benzene rings is 1. The van der Waals surface area contributed by atoms with E-state index in [9.17, 15) is 23.3 Å². The van der Waals surface area contributed by atoms with Gasteiger partial charge >= 0.3 is 6.09 Å². The molecule has 0 saturated carbocycles. The van der Waals surface area contributed by atoms with E-state index < -0.39 is 21.0 Å². The Morgan fingerprint density at radius 2 is 1.41 bits per heavy atom. The number of nitrogens with one attached hydrogen (secondary N) is 1. The highest BCUT2D eigenvalue weighted by molar-refractivity contribution is 7.98. The van der Waals surface area contributed by atoms with Crippen LogP contribution in [0.5, 0.6) is 0 Å². The summed E-state index contributed by atoms with van der Waals surface area (Å²) in [6.07, 6.45) is 3.08. The third-order valence-electron chi connectivity index (χ3n) is 6.04. The first-order valence-electron chi connectivity index (χ1n) is 14.4. The van der Waals surface area contributed by atoms with Gasteiger partial charge in [0.15, 0.2) is 5.16 Å². The van der Waals surface area contributed by atoms with Crippen LogP contribution in [0.25, 0.3) is 0 Å². The largest absolute Gasteiger partial charge is 0.444 e. The standard InChI is InChI=1S/C27H39N5O12S2/c1-45-26-28-20-22-21-44-27(33)31(25(22)30-26)7-9-39-11-13-41-15-17-43-19-18-42-16-14-40-12-10-38-8-6-29-46(36,37)24-4-2-23(3-5-24)32(34)35/h2-5,20,29H,6-19,21H2,1H3. The minimum absolute atomic E-state index is 0.0467. The molecular formula is C27H39N5O12S2. The third-order valence-corrected chi connectivity index (χ3v) is 8.08. The highest BCUT2D eigenvalue weighted by atomic mass is 32.2. The Morgan fingerprint density at radius 1 is 0.891 bits per heavy atom. The zero-order valence-electron chi connectivity index (χ0n) is 25.5. The molecule has 256 valence electrons. The van der Waals surface area contributed by atoms with Crippen molar-refractivity contribution in [2.24, 2.45) is 0 Å². The molecule has 1 aromatic carbocycles. The number of sulfonamides is 1. The molecule has 0 unspecified atom stereocenters. The van der Waals surface area contributed by atoms with Gasteiger partial charge in [0, 0.05) is 24.9 Å². The Balaban J connectivity index is 1.06. The van der Waals surface area contributed by atoms with E-state index in [2.05, 4.69) is 14.7 Å². The van der Waals surface area contributed by atoms with Gasteiger partial charge in [0.1, 0.15) is 12.4 Å². The second-order valence-corrected chi connectivity index (χ2v) is 11.8. The first-order valence-corrected chi connectivity index (χ1v) is 17.1. The fraction of sp³-hybridized carbons (Fsp3) is 0.593. The van der Waals surface area contributed by atoms with Gasteiger partial charge in [0.25, 0.3) is 5.69 Å². The van der Waals surface area contributed by atoms with Crippen molar-refractivity contribution in [3.63, 3.8) is 0 Å². The number of aromatic nitrogens is 2. The van der Waals surface area contributed by atoms with Gasteiger partial charge in [-0.2, -0.15) is 0 Å². The normalized spacial score (nSPS) is 13.1. The lowest BCUT2D eigenvalue weighted by atomic mass is 10.3. The molecule has 1 amide bonds. The number of anilines is 1. The summed E-state index contributed by atoms with van der Waals surface area (Å²) in [7, 11) is -3.78. The second kappa shape index (κ2) is 21.0. The summed E-state index contributed by atoms with van der Waals surface area (Å²) >= 11 is 1.40. The van der Waals surface area contributed by atoms with Gasteiger partial charge in [-0.25, -0.2) is 27.9 Å². The van der Waals surface area contributed by atoms with E-state index in [0.29, 0.717) is 83.6 Å². The molecule has 1 aliphatic heterocycles. The quantitative estimate of drug-likeness (QED) is 0.0518. The predicted octanol–water partition coefficient (Wildman–Crippen LogP) is 1.64. The number of fused-ring (bicyclic) bond motifs is 1. The maximum atomic E-state index is 12.2. The lowest BCUT2D eigenvalue weighted by molar-refractivity contribution is -0.384. The summed E-state index contributed by atoms with van der Waals surface area (Å²) in [4.78, 5) is 32.3. The molecule has 2 heterocycles. The van der Waals surface area contributed by atoms with E-state index in [-0.39, 0.29) is 36.9 Å². The Morgan fingerprint density at radius 3 is 1.93 bits per heavy atom. The van der Waals surface area contributed by atoms with Crippen LogP contribution in [0.2, 0.25) is 0 Å². The summed E-state index contributed by atoms with van der Waals surface area (Å²) in [6.45, 7) is 4.71. The van der Waals surface area contributed by atoms with Gasteiger partial charge in [-0.15, -0.1) is 0 Å². The number of rotatable bonds is 25. The van der Waals surface area contributed by atoms with Gasteiger partial charge in [-0.1, -0.05) is 11.8 Å². The van der Waals surface area contributed by atoms with E-state index in [1.54, 1.807) is 6.20 Å². The van der Waals surface area contributed by atoms with Gasteiger partial charge in [0.2, 0.25) is 10.0 Å². The van der Waals surface area contributed by atoms with Crippen molar-refractivity contribution < 1.29 is 51.3 Å². The van der Waals surface area contributed by atoms with Crippen LogP contribution >= 0.6 is 11.8 Å². The molecule has 1 N–H and O–H groups in total. The Labute approximate surface area is 271 Å². The topological polar surface area (TPSA) is 200 Å². The molecule has 46 heavy (non-hydrogen) atoms. The van der Waals surface area contributed by atoms with E-state index in [4.69, 9.17) is 33.2 Å². The van der Waals surface area contributed by atoms with Crippen LogP contribution in [-0.4, -0.2) is 128 Å². The van der Waals surface area contributed by atoms with Gasteiger partial charge < -0.3 is 33.2 Å². The van der Waals surface area contributed by atoms with Crippen LogP contribution in [0.4, 0.5) is 16.3 Å². The van der Waals surface area contributed by atoms with E-state index in [0.717, 1.165) is 17.7 Å². The molecule has 19 heteroatoms. The van der Waals surface area contributed by atoms with E-state index >= 15 is 0 Å². The van der Waals surface area contributed by atoms with Crippen LogP contribution in [0.15, 0.2) is 40.5 Å². The molecule has 17 nitrogen and oxygen atoms in total. The molecule has 0 aliphatic carbocycles. The lowest BCUT2D eigenvalue weighted by Crippen LogP contribution is -2.39. The smallest absolute Gasteiger partial charge is 0.415 e. The maximum absolute atomic E-state index is 12.2. The average molecular weight is 690 g/mol. The Bertz CT molecular complexity index is 1320. The van der Waals surface area contributed by atoms with Crippen molar-refractivity contribution in [3.8, 4) is 0 Å². The van der Waals surface area contributed by atoms with E-state index in [1.165, 1.54) is 28.8 Å². The molecule has 0 radical (unpaired) electrons. The summed E-state index contributed by atoms with van der Waals surface area (Å²) in [5, 5.41) is 11.3. The zero-order chi connectivity index (χ0) is 33.0. The molecule has 2 aromatic rings. The van der Waals surface area contributed by atoms with Crippen LogP contribution in [0.1, 0.15) is 5.56 Å². The number of carbonyl (C=O) groups is 1. The molecule has 1 aliphatic rings. The van der Waals surface area contributed by atoms with Crippen LogP contribution in [0, 0.1) is 10.1 Å². The minimum Gasteiger partial charge on any atom is -0.444 e. The third kappa shape index (κ3) is 13.4. The average Bonchev–Trinajstić information content (AvgIpc) is 3.06. The van der Waals surface area contributed by atoms with Crippen molar-refractivity contribution in [2.75, 3.05) is 104 Å². The first-order chi connectivity index (χ1) is 22.3. The van der Waals surface area contributed by atoms with Crippen molar-refractivity contribution in [3.05, 3.63) is 46.1 Å². The van der Waals surface area contributed by atoms with Crippen molar-refractivity contribution in [1.82, 2.24) is 14.7 Å². The minimum atomic E-state index is -3.78. The number of carbonyl (C=O) groups excluding carboxylic acids is 1. The fourth-order valence-corrected chi connectivity index (χ4v) is 5.10. The Hall–Kier alpha value is -3.01. The Kier molecular flexibility index (Phi) is 17.1. The van der Waals surface area contributed by atoms with Crippen molar-refractivity contribution in [2.45, 2.75) is 16.7 Å². The molecular weight excluding hydrogens is 650 g/mol. The monoisotopic (exact) mass is 689 g/mol. The van der Waals surface area contributed by atoms with Gasteiger partial charge in [-0.05, 0) is 18.4 Å². The first kappa shape index (κ1) is 37.4. The predicted molar refractivity (Wildman–Crippen MR) is 165 cm³/mol. The molecule has 3 rings (SSSR count). The molecule has 1 aromatic heterocycles. The maximum Gasteiger partial charge on any atom is 0.415 e. The number of cyclic esters (lactones) is 1. The molecule has 0 atom stereocenters. The molecule has 0 fully saturated rings. The number of hydrogen-bond donors (Lipinski definition) is 1. The number of nitrogens with zero attached hydrogens (tertiary/aromatic N) is 4. The summed E-state index contributed by atoms with van der Waals surface area (Å²) in [5.41, 5.74) is 0.569. The summed E-state index contributed by atoms with van der Waals surface area (Å²) < 4.78 is 64.6. The fourth-order valence-electron chi connectivity index (χ4n) is 3.75. The van der Waals surface area contributed by atoms with E-state index in [1.807, 2.05) is 6.26 Å². The van der Waals surface area contributed by atoms with Crippen LogP contribution < -0.4 is 9.62 Å². The molecule has 0 spiro atoms. The summed E-state index contributed by atoms with van der Waals surface area (Å²) in [5.74, 6) is 0.554. The van der Waals surface area contributed by atoms with Crippen LogP contribution in [-0.2, 0) is 49.8 Å².